The van der Waals surface area contributed by atoms with Crippen molar-refractivity contribution in [1.82, 2.24) is 28.9 Å². The molecular formula is C16H14N6OS. The molecule has 120 valence electrons. The average Bonchev–Trinajstić information content (AvgIpc) is 3.22. The van der Waals surface area contributed by atoms with Crippen LogP contribution >= 0.6 is 11.8 Å². The standard InChI is InChI=1S/C16H14N6OS/c23-16-20-9-5-4-8-14(20)18-21(16)10-11-24-15-17-12-22(19-15)13-6-2-1-3-7-13/h1-9,12H,10-11H2. The number of pyridine rings is 1. The Bertz CT molecular complexity index is 1020. The monoisotopic (exact) mass is 338 g/mol. The van der Waals surface area contributed by atoms with E-state index in [1.165, 1.54) is 20.8 Å². The Labute approximate surface area is 141 Å². The normalized spacial score (nSPS) is 11.2. The number of aromatic nitrogens is 6. The molecule has 7 nitrogen and oxygen atoms in total. The first-order valence-electron chi connectivity index (χ1n) is 7.45. The van der Waals surface area contributed by atoms with E-state index in [9.17, 15) is 4.79 Å². The first-order chi connectivity index (χ1) is 11.8. The molecule has 0 saturated heterocycles. The molecule has 24 heavy (non-hydrogen) atoms. The van der Waals surface area contributed by atoms with Crippen molar-refractivity contribution < 1.29 is 0 Å². The smallest absolute Gasteiger partial charge is 0.250 e. The largest absolute Gasteiger partial charge is 0.350 e. The van der Waals surface area contributed by atoms with Crippen molar-refractivity contribution >= 4 is 17.4 Å². The zero-order valence-electron chi connectivity index (χ0n) is 12.7. The molecule has 3 aromatic heterocycles. The molecule has 8 heteroatoms. The Morgan fingerprint density at radius 1 is 1.00 bits per heavy atom. The maximum Gasteiger partial charge on any atom is 0.350 e. The van der Waals surface area contributed by atoms with Crippen molar-refractivity contribution in [1.29, 1.82) is 0 Å². The van der Waals surface area contributed by atoms with E-state index in [1.807, 2.05) is 48.5 Å². The van der Waals surface area contributed by atoms with Gasteiger partial charge in [-0.1, -0.05) is 36.0 Å². The van der Waals surface area contributed by atoms with E-state index in [0.29, 0.717) is 23.1 Å². The summed E-state index contributed by atoms with van der Waals surface area (Å²) in [6.45, 7) is 0.505. The van der Waals surface area contributed by atoms with Crippen molar-refractivity contribution in [2.24, 2.45) is 0 Å². The molecular weight excluding hydrogens is 324 g/mol. The zero-order chi connectivity index (χ0) is 16.4. The fourth-order valence-corrected chi connectivity index (χ4v) is 3.07. The van der Waals surface area contributed by atoms with Crippen molar-refractivity contribution in [3.05, 3.63) is 71.5 Å². The predicted molar refractivity (Wildman–Crippen MR) is 91.5 cm³/mol. The SMILES string of the molecule is O=c1n(CCSc2ncn(-c3ccccc3)n2)nc2ccccn12. The van der Waals surface area contributed by atoms with Crippen LogP contribution in [0.4, 0.5) is 0 Å². The number of hydrogen-bond donors (Lipinski definition) is 0. The van der Waals surface area contributed by atoms with Gasteiger partial charge in [0.25, 0.3) is 0 Å². The molecule has 0 radical (unpaired) electrons. The molecule has 0 atom stereocenters. The first-order valence-corrected chi connectivity index (χ1v) is 8.44. The lowest BCUT2D eigenvalue weighted by atomic mass is 10.3. The Morgan fingerprint density at radius 2 is 1.83 bits per heavy atom. The highest BCUT2D eigenvalue weighted by atomic mass is 32.2. The topological polar surface area (TPSA) is 70.0 Å². The summed E-state index contributed by atoms with van der Waals surface area (Å²) in [5, 5.41) is 9.41. The lowest BCUT2D eigenvalue weighted by molar-refractivity contribution is 0.639. The minimum atomic E-state index is -0.131. The molecule has 0 saturated carbocycles. The number of nitrogens with zero attached hydrogens (tertiary/aromatic N) is 6. The van der Waals surface area contributed by atoms with Crippen LogP contribution in [-0.4, -0.2) is 34.7 Å². The zero-order valence-corrected chi connectivity index (χ0v) is 13.5. The maximum atomic E-state index is 12.2. The third-order valence-electron chi connectivity index (χ3n) is 3.51. The van der Waals surface area contributed by atoms with Crippen LogP contribution in [0.25, 0.3) is 11.3 Å². The van der Waals surface area contributed by atoms with Gasteiger partial charge in [-0.3, -0.25) is 4.40 Å². The second-order valence-electron chi connectivity index (χ2n) is 5.09. The Kier molecular flexibility index (Phi) is 3.87. The Balaban J connectivity index is 1.43. The van der Waals surface area contributed by atoms with Gasteiger partial charge < -0.3 is 0 Å². The molecule has 3 heterocycles. The van der Waals surface area contributed by atoms with Crippen LogP contribution in [0, 0.1) is 0 Å². The van der Waals surface area contributed by atoms with Gasteiger partial charge in [-0.25, -0.2) is 19.1 Å². The van der Waals surface area contributed by atoms with E-state index in [-0.39, 0.29) is 5.69 Å². The first kappa shape index (κ1) is 14.7. The number of hydrogen-bond acceptors (Lipinski definition) is 5. The van der Waals surface area contributed by atoms with Crippen LogP contribution in [-0.2, 0) is 6.54 Å². The number of para-hydroxylation sites is 1. The fraction of sp³-hybridized carbons (Fsp3) is 0.125. The molecule has 0 aliphatic heterocycles. The van der Waals surface area contributed by atoms with E-state index >= 15 is 0 Å². The summed E-state index contributed by atoms with van der Waals surface area (Å²) >= 11 is 1.50. The number of thioether (sulfide) groups is 1. The molecule has 0 unspecified atom stereocenters. The number of fused-ring (bicyclic) bond motifs is 1. The van der Waals surface area contributed by atoms with Crippen LogP contribution in [0.5, 0.6) is 0 Å². The number of aryl methyl sites for hydroxylation is 1. The van der Waals surface area contributed by atoms with Crippen LogP contribution in [0.3, 0.4) is 0 Å². The van der Waals surface area contributed by atoms with Crippen LogP contribution in [0.15, 0.2) is 71.0 Å². The summed E-state index contributed by atoms with van der Waals surface area (Å²) in [4.78, 5) is 16.5. The predicted octanol–water partition coefficient (Wildman–Crippen LogP) is 1.87. The van der Waals surface area contributed by atoms with E-state index in [2.05, 4.69) is 15.2 Å². The Hall–Kier alpha value is -2.87. The summed E-state index contributed by atoms with van der Waals surface area (Å²) in [5.41, 5.74) is 1.49. The average molecular weight is 338 g/mol. The van der Waals surface area contributed by atoms with Gasteiger partial charge in [0, 0.05) is 11.9 Å². The molecule has 0 N–H and O–H groups in total. The van der Waals surface area contributed by atoms with Crippen molar-refractivity contribution in [3.8, 4) is 5.69 Å². The fourth-order valence-electron chi connectivity index (χ4n) is 2.36. The van der Waals surface area contributed by atoms with Gasteiger partial charge in [0.2, 0.25) is 5.16 Å². The van der Waals surface area contributed by atoms with Gasteiger partial charge in [-0.05, 0) is 24.3 Å². The molecule has 0 amide bonds. The third-order valence-corrected chi connectivity index (χ3v) is 4.35. The molecule has 0 aliphatic carbocycles. The second kappa shape index (κ2) is 6.32. The molecule has 0 fully saturated rings. The summed E-state index contributed by atoms with van der Waals surface area (Å²) in [6, 6.07) is 15.3. The molecule has 0 aliphatic rings. The summed E-state index contributed by atoms with van der Waals surface area (Å²) < 4.78 is 4.74. The number of rotatable bonds is 5. The molecule has 4 rings (SSSR count). The highest BCUT2D eigenvalue weighted by Crippen LogP contribution is 2.14. The second-order valence-corrected chi connectivity index (χ2v) is 6.15. The van der Waals surface area contributed by atoms with Gasteiger partial charge in [-0.15, -0.1) is 10.2 Å². The minimum absolute atomic E-state index is 0.131. The van der Waals surface area contributed by atoms with Gasteiger partial charge in [0.05, 0.1) is 12.2 Å². The summed E-state index contributed by atoms with van der Waals surface area (Å²) in [7, 11) is 0. The van der Waals surface area contributed by atoms with E-state index in [1.54, 1.807) is 17.2 Å². The van der Waals surface area contributed by atoms with E-state index in [4.69, 9.17) is 0 Å². The van der Waals surface area contributed by atoms with Gasteiger partial charge in [0.15, 0.2) is 5.65 Å². The lowest BCUT2D eigenvalue weighted by Gasteiger charge is -1.99. The van der Waals surface area contributed by atoms with Crippen molar-refractivity contribution in [3.63, 3.8) is 0 Å². The number of benzene rings is 1. The van der Waals surface area contributed by atoms with Crippen molar-refractivity contribution in [2.75, 3.05) is 5.75 Å². The molecule has 4 aromatic rings. The summed E-state index contributed by atoms with van der Waals surface area (Å²) in [5.74, 6) is 0.669. The minimum Gasteiger partial charge on any atom is -0.250 e. The lowest BCUT2D eigenvalue weighted by Crippen LogP contribution is -2.22. The van der Waals surface area contributed by atoms with Gasteiger partial charge >= 0.3 is 5.69 Å². The van der Waals surface area contributed by atoms with E-state index in [0.717, 1.165) is 5.69 Å². The van der Waals surface area contributed by atoms with Crippen LogP contribution in [0.1, 0.15) is 0 Å². The summed E-state index contributed by atoms with van der Waals surface area (Å²) in [6.07, 6.45) is 3.41. The quantitative estimate of drug-likeness (QED) is 0.520. The third kappa shape index (κ3) is 2.83. The molecule has 0 bridgehead atoms. The molecule has 0 spiro atoms. The highest BCUT2D eigenvalue weighted by molar-refractivity contribution is 7.99. The van der Waals surface area contributed by atoms with Gasteiger partial charge in [-0.2, -0.15) is 0 Å². The van der Waals surface area contributed by atoms with Crippen LogP contribution < -0.4 is 5.69 Å². The van der Waals surface area contributed by atoms with Crippen molar-refractivity contribution in [2.45, 2.75) is 11.7 Å². The van der Waals surface area contributed by atoms with Crippen LogP contribution in [0.2, 0.25) is 0 Å². The van der Waals surface area contributed by atoms with Gasteiger partial charge in [0.1, 0.15) is 6.33 Å². The molecule has 1 aromatic carbocycles. The van der Waals surface area contributed by atoms with E-state index < -0.39 is 0 Å². The maximum absolute atomic E-state index is 12.2. The highest BCUT2D eigenvalue weighted by Gasteiger charge is 2.07. The Morgan fingerprint density at radius 3 is 2.67 bits per heavy atom.